The molecular formula is C21H35IN4O. The number of hydrogen-bond donors (Lipinski definition) is 1. The number of benzene rings is 1. The summed E-state index contributed by atoms with van der Waals surface area (Å²) in [6.45, 7) is 10.4. The molecule has 152 valence electrons. The lowest BCUT2D eigenvalue weighted by atomic mass is 10.0. The number of ether oxygens (including phenoxy) is 1. The molecule has 2 saturated heterocycles. The number of nitrogens with one attached hydrogen (secondary N) is 1. The van der Waals surface area contributed by atoms with Crippen LogP contribution in [0.2, 0.25) is 0 Å². The van der Waals surface area contributed by atoms with Gasteiger partial charge in [-0.2, -0.15) is 0 Å². The molecule has 1 N–H and O–H groups in total. The van der Waals surface area contributed by atoms with E-state index in [0.29, 0.717) is 6.04 Å². The SMILES string of the molecule is CCC(CNC(=NC)N1CCOC(c2ccccc2C)C1)N1CCCC1.I. The van der Waals surface area contributed by atoms with Crippen LogP contribution in [0.15, 0.2) is 29.3 Å². The summed E-state index contributed by atoms with van der Waals surface area (Å²) in [5.41, 5.74) is 2.58. The molecule has 2 fully saturated rings. The van der Waals surface area contributed by atoms with Gasteiger partial charge in [-0.15, -0.1) is 24.0 Å². The zero-order chi connectivity index (χ0) is 18.4. The minimum Gasteiger partial charge on any atom is -0.370 e. The van der Waals surface area contributed by atoms with Crippen LogP contribution in [0.3, 0.4) is 0 Å². The Bertz CT molecular complexity index is 604. The molecule has 0 saturated carbocycles. The van der Waals surface area contributed by atoms with E-state index in [1.807, 2.05) is 7.05 Å². The van der Waals surface area contributed by atoms with Crippen LogP contribution < -0.4 is 5.32 Å². The van der Waals surface area contributed by atoms with Crippen LogP contribution in [0.25, 0.3) is 0 Å². The van der Waals surface area contributed by atoms with Crippen molar-refractivity contribution in [2.75, 3.05) is 46.4 Å². The van der Waals surface area contributed by atoms with E-state index in [0.717, 1.165) is 32.2 Å². The third kappa shape index (κ3) is 5.81. The normalized spacial score (nSPS) is 22.4. The molecule has 0 radical (unpaired) electrons. The molecule has 0 bridgehead atoms. The predicted octanol–water partition coefficient (Wildman–Crippen LogP) is 3.44. The Morgan fingerprint density at radius 1 is 1.26 bits per heavy atom. The maximum absolute atomic E-state index is 6.07. The Morgan fingerprint density at radius 2 is 2.00 bits per heavy atom. The molecule has 2 heterocycles. The van der Waals surface area contributed by atoms with Gasteiger partial charge in [0.25, 0.3) is 0 Å². The number of guanidine groups is 1. The van der Waals surface area contributed by atoms with Gasteiger partial charge in [-0.05, 0) is 50.4 Å². The average molecular weight is 486 g/mol. The summed E-state index contributed by atoms with van der Waals surface area (Å²) in [4.78, 5) is 9.52. The van der Waals surface area contributed by atoms with Crippen molar-refractivity contribution < 1.29 is 4.74 Å². The average Bonchev–Trinajstić information content (AvgIpc) is 3.20. The highest BCUT2D eigenvalue weighted by atomic mass is 127. The van der Waals surface area contributed by atoms with Crippen LogP contribution in [0.5, 0.6) is 0 Å². The van der Waals surface area contributed by atoms with Gasteiger partial charge in [-0.1, -0.05) is 31.2 Å². The molecule has 5 nitrogen and oxygen atoms in total. The number of morpholine rings is 1. The van der Waals surface area contributed by atoms with E-state index < -0.39 is 0 Å². The lowest BCUT2D eigenvalue weighted by Crippen LogP contribution is -2.51. The van der Waals surface area contributed by atoms with E-state index in [9.17, 15) is 0 Å². The number of hydrogen-bond acceptors (Lipinski definition) is 3. The van der Waals surface area contributed by atoms with Crippen molar-refractivity contribution in [2.24, 2.45) is 4.99 Å². The molecule has 1 aromatic rings. The van der Waals surface area contributed by atoms with Crippen molar-refractivity contribution in [3.63, 3.8) is 0 Å². The van der Waals surface area contributed by atoms with Crippen molar-refractivity contribution in [2.45, 2.75) is 45.3 Å². The molecule has 3 rings (SSSR count). The molecule has 0 aromatic heterocycles. The molecule has 2 atom stereocenters. The second-order valence-electron chi connectivity index (χ2n) is 7.40. The number of likely N-dealkylation sites (tertiary alicyclic amines) is 1. The fraction of sp³-hybridized carbons (Fsp3) is 0.667. The number of aryl methyl sites for hydroxylation is 1. The zero-order valence-electron chi connectivity index (χ0n) is 17.0. The maximum Gasteiger partial charge on any atom is 0.193 e. The largest absolute Gasteiger partial charge is 0.370 e. The Morgan fingerprint density at radius 3 is 2.67 bits per heavy atom. The highest BCUT2D eigenvalue weighted by molar-refractivity contribution is 14.0. The standard InChI is InChI=1S/C21H34N4O.HI/c1-4-18(24-11-7-8-12-24)15-23-21(22-3)25-13-14-26-20(16-25)19-10-6-5-9-17(19)2;/h5-6,9-10,18,20H,4,7-8,11-16H2,1-3H3,(H,22,23);1H. The maximum atomic E-state index is 6.07. The highest BCUT2D eigenvalue weighted by Crippen LogP contribution is 2.25. The first kappa shape index (κ1) is 22.4. The van der Waals surface area contributed by atoms with E-state index in [4.69, 9.17) is 4.74 Å². The van der Waals surface area contributed by atoms with Gasteiger partial charge in [0.05, 0.1) is 13.2 Å². The smallest absolute Gasteiger partial charge is 0.193 e. The first-order valence-corrected chi connectivity index (χ1v) is 10.1. The van der Waals surface area contributed by atoms with Crippen molar-refractivity contribution in [3.8, 4) is 0 Å². The predicted molar refractivity (Wildman–Crippen MR) is 123 cm³/mol. The minimum absolute atomic E-state index is 0. The molecule has 0 aliphatic carbocycles. The number of halogens is 1. The first-order chi connectivity index (χ1) is 12.7. The van der Waals surface area contributed by atoms with Gasteiger partial charge in [0.15, 0.2) is 5.96 Å². The second-order valence-corrected chi connectivity index (χ2v) is 7.40. The lowest BCUT2D eigenvalue weighted by Gasteiger charge is -2.36. The molecule has 0 spiro atoms. The molecule has 2 aliphatic rings. The lowest BCUT2D eigenvalue weighted by molar-refractivity contribution is -0.00841. The third-order valence-electron chi connectivity index (χ3n) is 5.74. The minimum atomic E-state index is 0. The first-order valence-electron chi connectivity index (χ1n) is 10.1. The Hall–Kier alpha value is -0.860. The van der Waals surface area contributed by atoms with Gasteiger partial charge in [-0.25, -0.2) is 0 Å². The van der Waals surface area contributed by atoms with Gasteiger partial charge < -0.3 is 15.0 Å². The van der Waals surface area contributed by atoms with E-state index in [1.54, 1.807) is 0 Å². The van der Waals surface area contributed by atoms with E-state index in [1.165, 1.54) is 43.5 Å². The van der Waals surface area contributed by atoms with E-state index in [2.05, 4.69) is 58.2 Å². The van der Waals surface area contributed by atoms with Crippen LogP contribution in [0.1, 0.15) is 43.4 Å². The van der Waals surface area contributed by atoms with Gasteiger partial charge in [-0.3, -0.25) is 9.89 Å². The van der Waals surface area contributed by atoms with Gasteiger partial charge in [0, 0.05) is 26.2 Å². The number of aliphatic imine (C=N–C) groups is 1. The monoisotopic (exact) mass is 486 g/mol. The van der Waals surface area contributed by atoms with E-state index >= 15 is 0 Å². The Kier molecular flexibility index (Phi) is 9.32. The third-order valence-corrected chi connectivity index (χ3v) is 5.74. The number of nitrogens with zero attached hydrogens (tertiary/aromatic N) is 3. The summed E-state index contributed by atoms with van der Waals surface area (Å²) in [5.74, 6) is 1.00. The molecule has 6 heteroatoms. The fourth-order valence-corrected chi connectivity index (χ4v) is 4.16. The summed E-state index contributed by atoms with van der Waals surface area (Å²) in [6.07, 6.45) is 3.97. The second kappa shape index (κ2) is 11.2. The Labute approximate surface area is 181 Å². The van der Waals surface area contributed by atoms with Crippen LogP contribution in [-0.4, -0.2) is 68.2 Å². The summed E-state index contributed by atoms with van der Waals surface area (Å²) in [5, 5.41) is 3.63. The van der Waals surface area contributed by atoms with Crippen molar-refractivity contribution in [1.29, 1.82) is 0 Å². The summed E-state index contributed by atoms with van der Waals surface area (Å²) >= 11 is 0. The van der Waals surface area contributed by atoms with Crippen molar-refractivity contribution >= 4 is 29.9 Å². The quantitative estimate of drug-likeness (QED) is 0.394. The Balaban J connectivity index is 0.00000261. The molecule has 0 amide bonds. The molecule has 27 heavy (non-hydrogen) atoms. The molecule has 2 unspecified atom stereocenters. The van der Waals surface area contributed by atoms with Crippen molar-refractivity contribution in [3.05, 3.63) is 35.4 Å². The molecule has 2 aliphatic heterocycles. The van der Waals surface area contributed by atoms with Gasteiger partial charge >= 0.3 is 0 Å². The van der Waals surface area contributed by atoms with Crippen LogP contribution >= 0.6 is 24.0 Å². The van der Waals surface area contributed by atoms with Gasteiger partial charge in [0.2, 0.25) is 0 Å². The topological polar surface area (TPSA) is 40.1 Å². The molecule has 1 aromatic carbocycles. The molecular weight excluding hydrogens is 451 g/mol. The zero-order valence-corrected chi connectivity index (χ0v) is 19.3. The van der Waals surface area contributed by atoms with Crippen molar-refractivity contribution in [1.82, 2.24) is 15.1 Å². The van der Waals surface area contributed by atoms with Crippen LogP contribution in [0, 0.1) is 6.92 Å². The summed E-state index contributed by atoms with van der Waals surface area (Å²) in [6, 6.07) is 9.12. The van der Waals surface area contributed by atoms with Gasteiger partial charge in [0.1, 0.15) is 6.10 Å². The van der Waals surface area contributed by atoms with Crippen LogP contribution in [0.4, 0.5) is 0 Å². The fourth-order valence-electron chi connectivity index (χ4n) is 4.16. The number of rotatable bonds is 5. The summed E-state index contributed by atoms with van der Waals surface area (Å²) < 4.78 is 6.07. The highest BCUT2D eigenvalue weighted by Gasteiger charge is 2.26. The van der Waals surface area contributed by atoms with Crippen LogP contribution in [-0.2, 0) is 4.74 Å². The van der Waals surface area contributed by atoms with E-state index in [-0.39, 0.29) is 30.1 Å². The summed E-state index contributed by atoms with van der Waals surface area (Å²) in [7, 11) is 1.89.